The molecular formula is C56H65N11O7S2. The van der Waals surface area contributed by atoms with E-state index in [0.29, 0.717) is 53.9 Å². The van der Waals surface area contributed by atoms with Crippen LogP contribution in [0.4, 0.5) is 15.4 Å². The summed E-state index contributed by atoms with van der Waals surface area (Å²) < 4.78 is 20.5. The van der Waals surface area contributed by atoms with Crippen molar-refractivity contribution < 1.29 is 33.4 Å². The van der Waals surface area contributed by atoms with Gasteiger partial charge in [0, 0.05) is 107 Å². The minimum atomic E-state index is -0.590. The number of nitrogens with one attached hydrogen (secondary N) is 4. The Balaban J connectivity index is 0.824. The molecule has 0 aliphatic rings. The fraction of sp³-hybridized carbons (Fsp3) is 0.393. The van der Waals surface area contributed by atoms with Gasteiger partial charge in [-0.1, -0.05) is 66.1 Å². The number of alkyl carbamates (subject to hydrolysis) is 1. The third-order valence-corrected chi connectivity index (χ3v) is 13.1. The normalized spacial score (nSPS) is 11.4. The number of aryl methyl sites for hydroxylation is 1. The first-order chi connectivity index (χ1) is 36.4. The molecule has 4 aromatic heterocycles. The van der Waals surface area contributed by atoms with E-state index in [4.69, 9.17) is 19.2 Å². The number of thiophene rings is 1. The Morgan fingerprint density at radius 3 is 2.13 bits per heavy atom. The van der Waals surface area contributed by atoms with Gasteiger partial charge in [-0.15, -0.1) is 16.4 Å². The Hall–Kier alpha value is -7.65. The van der Waals surface area contributed by atoms with Crippen LogP contribution in [0.2, 0.25) is 0 Å². The Bertz CT molecular complexity index is 3330. The fourth-order valence-corrected chi connectivity index (χ4v) is 9.27. The first-order valence-corrected chi connectivity index (χ1v) is 27.0. The van der Waals surface area contributed by atoms with Crippen LogP contribution < -0.4 is 21.3 Å². The lowest BCUT2D eigenvalue weighted by Gasteiger charge is -2.24. The zero-order chi connectivity index (χ0) is 54.4. The first kappa shape index (κ1) is 56.1. The molecule has 0 saturated carbocycles. The van der Waals surface area contributed by atoms with Crippen LogP contribution in [-0.2, 0) is 43.4 Å². The topological polar surface area (TPSA) is 209 Å². The number of thioether (sulfide) groups is 1. The highest BCUT2D eigenvalue weighted by molar-refractivity contribution is 7.99. The molecule has 0 unspecified atom stereocenters. The van der Waals surface area contributed by atoms with E-state index >= 15 is 0 Å². The van der Waals surface area contributed by atoms with E-state index in [2.05, 4.69) is 115 Å². The van der Waals surface area contributed by atoms with Gasteiger partial charge in [-0.2, -0.15) is 0 Å². The molecule has 4 amide bonds. The predicted molar refractivity (Wildman–Crippen MR) is 299 cm³/mol. The molecule has 4 N–H and O–H groups in total. The van der Waals surface area contributed by atoms with Gasteiger partial charge in [0.1, 0.15) is 11.2 Å². The van der Waals surface area contributed by atoms with Crippen molar-refractivity contribution in [3.8, 4) is 34.1 Å². The van der Waals surface area contributed by atoms with Gasteiger partial charge < -0.3 is 44.9 Å². The van der Waals surface area contributed by atoms with Crippen molar-refractivity contribution in [2.24, 2.45) is 0 Å². The van der Waals surface area contributed by atoms with Crippen LogP contribution in [0.25, 0.3) is 43.4 Å². The maximum atomic E-state index is 12.6. The second-order valence-corrected chi connectivity index (χ2v) is 21.6. The zero-order valence-electron chi connectivity index (χ0n) is 44.5. The number of amides is 4. The van der Waals surface area contributed by atoms with E-state index in [1.165, 1.54) is 0 Å². The number of nitrogens with zero attached hydrogens (tertiary/aromatic N) is 7. The Morgan fingerprint density at radius 1 is 0.750 bits per heavy atom. The number of carbonyl (C=O) groups is 4. The molecule has 0 fully saturated rings. The molecule has 76 heavy (non-hydrogen) atoms. The number of fused-ring (bicyclic) bond motifs is 4. The lowest BCUT2D eigenvalue weighted by atomic mass is 10.1. The van der Waals surface area contributed by atoms with E-state index < -0.39 is 29.1 Å². The Labute approximate surface area is 451 Å². The number of benzene rings is 3. The van der Waals surface area contributed by atoms with Crippen LogP contribution in [0.3, 0.4) is 0 Å². The molecule has 0 atom stereocenters. The fourth-order valence-electron chi connectivity index (χ4n) is 7.74. The molecule has 0 spiro atoms. The Kier molecular flexibility index (Phi) is 19.0. The summed E-state index contributed by atoms with van der Waals surface area (Å²) in [6.07, 6.45) is 0.0980. The number of hydrogen-bond acceptors (Lipinski definition) is 14. The minimum Gasteiger partial charge on any atom is -0.444 e. The molecular weight excluding hydrogens is 1000 g/mol. The van der Waals surface area contributed by atoms with Crippen molar-refractivity contribution in [2.45, 2.75) is 97.8 Å². The lowest BCUT2D eigenvalue weighted by molar-refractivity contribution is -0.116. The Morgan fingerprint density at radius 2 is 1.45 bits per heavy atom. The molecule has 18 nitrogen and oxygen atoms in total. The minimum absolute atomic E-state index is 0.240. The molecule has 398 valence electrons. The summed E-state index contributed by atoms with van der Waals surface area (Å²) in [5.41, 5.74) is 6.58. The second-order valence-electron chi connectivity index (χ2n) is 19.7. The summed E-state index contributed by atoms with van der Waals surface area (Å²) in [7, 11) is 1.75. The molecule has 0 aliphatic heterocycles. The third kappa shape index (κ3) is 15.9. The molecule has 0 aliphatic carbocycles. The van der Waals surface area contributed by atoms with Gasteiger partial charge in [-0.05, 0) is 108 Å². The molecule has 7 rings (SSSR count). The van der Waals surface area contributed by atoms with Gasteiger partial charge in [0.15, 0.2) is 22.1 Å². The number of hydrogen-bond donors (Lipinski definition) is 4. The SMILES string of the molecule is CCCSc1nc(NCCNC(=O)OC(C)(C)C)c2nnn(Cc3ccc(C#CC(=O)NCCOCCNC(=O)C#Cc4csc(-c5ccc6c7cc(CN(C)C(=O)OC(C)(C)C)ccc7n(CC)c6c5)c4)cc3)c2n1. The quantitative estimate of drug-likeness (QED) is 0.0259. The summed E-state index contributed by atoms with van der Waals surface area (Å²) in [4.78, 5) is 61.7. The summed E-state index contributed by atoms with van der Waals surface area (Å²) in [6, 6.07) is 22.2. The largest absolute Gasteiger partial charge is 0.444 e. The average Bonchev–Trinajstić information content (AvgIpc) is 4.11. The van der Waals surface area contributed by atoms with Crippen LogP contribution in [0, 0.1) is 23.7 Å². The molecule has 20 heteroatoms. The number of rotatable bonds is 19. The van der Waals surface area contributed by atoms with Crippen molar-refractivity contribution in [3.63, 3.8) is 0 Å². The van der Waals surface area contributed by atoms with Crippen LogP contribution in [0.15, 0.2) is 77.3 Å². The summed E-state index contributed by atoms with van der Waals surface area (Å²) >= 11 is 3.11. The lowest BCUT2D eigenvalue weighted by Crippen LogP contribution is -2.35. The van der Waals surface area contributed by atoms with Crippen molar-refractivity contribution in [3.05, 3.63) is 94.4 Å². The summed E-state index contributed by atoms with van der Waals surface area (Å²) in [6.45, 7) is 18.5. The summed E-state index contributed by atoms with van der Waals surface area (Å²) in [5, 5.41) is 25.0. The van der Waals surface area contributed by atoms with Crippen molar-refractivity contribution in [1.82, 2.24) is 50.4 Å². The van der Waals surface area contributed by atoms with Crippen molar-refractivity contribution in [2.75, 3.05) is 57.5 Å². The monoisotopic (exact) mass is 1070 g/mol. The molecule has 0 saturated heterocycles. The maximum Gasteiger partial charge on any atom is 0.410 e. The van der Waals surface area contributed by atoms with Gasteiger partial charge in [0.25, 0.3) is 11.8 Å². The molecule has 0 bridgehead atoms. The van der Waals surface area contributed by atoms with E-state index in [0.717, 1.165) is 67.7 Å². The van der Waals surface area contributed by atoms with E-state index in [-0.39, 0.29) is 32.4 Å². The molecule has 0 radical (unpaired) electrons. The van der Waals surface area contributed by atoms with Crippen molar-refractivity contribution in [1.29, 1.82) is 0 Å². The van der Waals surface area contributed by atoms with Gasteiger partial charge in [0.05, 0.1) is 19.8 Å². The highest BCUT2D eigenvalue weighted by atomic mass is 32.2. The second kappa shape index (κ2) is 25.7. The van der Waals surface area contributed by atoms with Crippen LogP contribution in [0.1, 0.15) is 84.1 Å². The average molecular weight is 1070 g/mol. The first-order valence-electron chi connectivity index (χ1n) is 25.2. The standard InChI is InChI=1S/C56H65N11O7S2/c1-10-30-75-52-61-50(59-24-25-60-53(70)73-55(3,4)5)49-51(62-52)67(64-63-49)35-38-14-12-37(13-15-38)17-22-47(68)57-26-28-72-29-27-58-48(69)23-18-40-32-46(76-36-40)41-19-20-42-43-31-39(34-65(9)54(71)74-56(6,7)8)16-21-44(43)66(11-2)45(42)33-41/h12-16,19-21,31-33,36H,10-11,24-30,34-35H2,1-9H3,(H,57,68)(H,58,69)(H,60,70)(H,59,61,62). The van der Waals surface area contributed by atoms with E-state index in [1.807, 2.05) is 77.3 Å². The maximum absolute atomic E-state index is 12.6. The highest BCUT2D eigenvalue weighted by Crippen LogP contribution is 2.35. The smallest absolute Gasteiger partial charge is 0.410 e. The van der Waals surface area contributed by atoms with Crippen LogP contribution in [-0.4, -0.2) is 122 Å². The van der Waals surface area contributed by atoms with Gasteiger partial charge in [0.2, 0.25) is 0 Å². The number of anilines is 1. The van der Waals surface area contributed by atoms with Gasteiger partial charge in [-0.25, -0.2) is 24.2 Å². The van der Waals surface area contributed by atoms with Crippen molar-refractivity contribution >= 4 is 85.9 Å². The van der Waals surface area contributed by atoms with E-state index in [1.54, 1.807) is 39.7 Å². The molecule has 4 heterocycles. The highest BCUT2D eigenvalue weighted by Gasteiger charge is 2.21. The van der Waals surface area contributed by atoms with Crippen LogP contribution in [0.5, 0.6) is 0 Å². The predicted octanol–water partition coefficient (Wildman–Crippen LogP) is 8.58. The van der Waals surface area contributed by atoms with Crippen LogP contribution >= 0.6 is 23.1 Å². The number of carbonyl (C=O) groups excluding carboxylic acids is 4. The molecule has 7 aromatic rings. The molecule has 3 aromatic carbocycles. The number of ether oxygens (including phenoxy) is 3. The number of aromatic nitrogens is 6. The summed E-state index contributed by atoms with van der Waals surface area (Å²) in [5.74, 6) is 11.7. The van der Waals surface area contributed by atoms with E-state index in [9.17, 15) is 19.2 Å². The zero-order valence-corrected chi connectivity index (χ0v) is 46.1. The van der Waals surface area contributed by atoms with Gasteiger partial charge in [-0.3, -0.25) is 9.59 Å². The van der Waals surface area contributed by atoms with Gasteiger partial charge >= 0.3 is 12.2 Å². The third-order valence-electron chi connectivity index (χ3n) is 11.1.